The van der Waals surface area contributed by atoms with Gasteiger partial charge in [-0.25, -0.2) is 12.8 Å². The Kier molecular flexibility index (Phi) is 5.64. The highest BCUT2D eigenvalue weighted by molar-refractivity contribution is 7.95. The fourth-order valence-electron chi connectivity index (χ4n) is 1.89. The lowest BCUT2D eigenvalue weighted by Crippen LogP contribution is -2.28. The van der Waals surface area contributed by atoms with Gasteiger partial charge in [-0.3, -0.25) is 4.79 Å². The second-order valence-corrected chi connectivity index (χ2v) is 7.71. The molecule has 0 atom stereocenters. The Morgan fingerprint density at radius 1 is 1.08 bits per heavy atom. The van der Waals surface area contributed by atoms with Gasteiger partial charge in [0.2, 0.25) is 9.84 Å². The van der Waals surface area contributed by atoms with E-state index in [4.69, 9.17) is 23.2 Å². The van der Waals surface area contributed by atoms with Crippen LogP contribution in [-0.4, -0.2) is 14.3 Å². The summed E-state index contributed by atoms with van der Waals surface area (Å²) in [6.45, 7) is 1.72. The molecule has 0 aliphatic heterocycles. The number of benzene rings is 2. The van der Waals surface area contributed by atoms with Crippen LogP contribution in [0.5, 0.6) is 0 Å². The Balaban J connectivity index is 2.39. The summed E-state index contributed by atoms with van der Waals surface area (Å²) in [4.78, 5) is 12.1. The Hall–Kier alpha value is -1.89. The number of hydrogen-bond acceptors (Lipinski definition) is 3. The molecule has 4 nitrogen and oxygen atoms in total. The van der Waals surface area contributed by atoms with Crippen LogP contribution in [0.1, 0.15) is 15.9 Å². The molecule has 0 aliphatic rings. The van der Waals surface area contributed by atoms with Crippen molar-refractivity contribution in [1.29, 1.82) is 0 Å². The van der Waals surface area contributed by atoms with Gasteiger partial charge in [0.15, 0.2) is 5.03 Å². The normalized spacial score (nSPS) is 11.0. The predicted molar refractivity (Wildman–Crippen MR) is 91.0 cm³/mol. The Morgan fingerprint density at radius 2 is 1.71 bits per heavy atom. The number of hydrogen-bond donors (Lipinski definition) is 1. The molecule has 0 saturated carbocycles. The van der Waals surface area contributed by atoms with E-state index in [1.54, 1.807) is 19.1 Å². The van der Waals surface area contributed by atoms with Crippen LogP contribution in [0, 0.1) is 12.7 Å². The van der Waals surface area contributed by atoms with E-state index in [-0.39, 0.29) is 10.5 Å². The van der Waals surface area contributed by atoms with E-state index in [1.807, 2.05) is 0 Å². The third kappa shape index (κ3) is 4.14. The SMILES string of the molecule is Cc1cccc(S(=O)(=O)C(NC(=O)c2ccc(F)cc2)=C(Cl)Cl)c1. The summed E-state index contributed by atoms with van der Waals surface area (Å²) >= 11 is 11.3. The van der Waals surface area contributed by atoms with Crippen LogP contribution >= 0.6 is 23.2 Å². The summed E-state index contributed by atoms with van der Waals surface area (Å²) in [5, 5.41) is 1.54. The molecule has 2 aromatic carbocycles. The first-order chi connectivity index (χ1) is 11.2. The second-order valence-electron chi connectivity index (χ2n) is 4.87. The van der Waals surface area contributed by atoms with Gasteiger partial charge in [0.1, 0.15) is 10.3 Å². The van der Waals surface area contributed by atoms with Gasteiger partial charge >= 0.3 is 0 Å². The summed E-state index contributed by atoms with van der Waals surface area (Å²) in [5.74, 6) is -1.30. The summed E-state index contributed by atoms with van der Waals surface area (Å²) < 4.78 is 37.6. The van der Waals surface area contributed by atoms with Crippen molar-refractivity contribution in [1.82, 2.24) is 5.32 Å². The van der Waals surface area contributed by atoms with Crippen LogP contribution in [0.15, 0.2) is 62.9 Å². The Morgan fingerprint density at radius 3 is 2.25 bits per heavy atom. The van der Waals surface area contributed by atoms with Crippen molar-refractivity contribution in [3.05, 3.63) is 75.0 Å². The maximum atomic E-state index is 12.9. The van der Waals surface area contributed by atoms with E-state index < -0.39 is 31.1 Å². The Bertz CT molecular complexity index is 905. The van der Waals surface area contributed by atoms with Gasteiger partial charge in [-0.15, -0.1) is 0 Å². The van der Waals surface area contributed by atoms with Gasteiger partial charge in [0.25, 0.3) is 5.91 Å². The van der Waals surface area contributed by atoms with Crippen molar-refractivity contribution in [2.24, 2.45) is 0 Å². The highest BCUT2D eigenvalue weighted by Crippen LogP contribution is 2.25. The Labute approximate surface area is 148 Å². The van der Waals surface area contributed by atoms with Crippen molar-refractivity contribution >= 4 is 38.9 Å². The molecule has 8 heteroatoms. The summed E-state index contributed by atoms with van der Waals surface area (Å²) in [6, 6.07) is 10.7. The van der Waals surface area contributed by atoms with Gasteiger partial charge in [-0.1, -0.05) is 35.3 Å². The molecule has 2 rings (SSSR count). The van der Waals surface area contributed by atoms with Crippen molar-refractivity contribution in [2.75, 3.05) is 0 Å². The number of sulfone groups is 1. The minimum Gasteiger partial charge on any atom is -0.310 e. The standard InChI is InChI=1S/C16H12Cl2FNO3S/c1-10-3-2-4-13(9-10)24(22,23)16(14(17)18)20-15(21)11-5-7-12(19)8-6-11/h2-9H,1H3,(H,20,21). The highest BCUT2D eigenvalue weighted by Gasteiger charge is 2.26. The molecule has 0 radical (unpaired) electrons. The predicted octanol–water partition coefficient (Wildman–Crippen LogP) is 3.94. The average molecular weight is 388 g/mol. The topological polar surface area (TPSA) is 63.2 Å². The maximum Gasteiger partial charge on any atom is 0.256 e. The third-order valence-corrected chi connectivity index (χ3v) is 5.39. The number of amides is 1. The number of halogens is 3. The number of nitrogens with one attached hydrogen (secondary N) is 1. The van der Waals surface area contributed by atoms with E-state index >= 15 is 0 Å². The van der Waals surface area contributed by atoms with Gasteiger partial charge < -0.3 is 5.32 Å². The van der Waals surface area contributed by atoms with Gasteiger partial charge in [0, 0.05) is 5.56 Å². The van der Waals surface area contributed by atoms with E-state index in [0.29, 0.717) is 5.56 Å². The second kappa shape index (κ2) is 7.34. The van der Waals surface area contributed by atoms with Crippen LogP contribution in [0.3, 0.4) is 0 Å². The van der Waals surface area contributed by atoms with Crippen molar-refractivity contribution in [3.63, 3.8) is 0 Å². The van der Waals surface area contributed by atoms with Crippen LogP contribution in [0.25, 0.3) is 0 Å². The van der Waals surface area contributed by atoms with Crippen LogP contribution in [0.2, 0.25) is 0 Å². The maximum absolute atomic E-state index is 12.9. The largest absolute Gasteiger partial charge is 0.310 e. The zero-order chi connectivity index (χ0) is 17.9. The van der Waals surface area contributed by atoms with Crippen LogP contribution < -0.4 is 5.32 Å². The highest BCUT2D eigenvalue weighted by atomic mass is 35.5. The molecule has 0 heterocycles. The summed E-state index contributed by atoms with van der Waals surface area (Å²) in [5.41, 5.74) is 0.772. The zero-order valence-corrected chi connectivity index (χ0v) is 14.7. The molecule has 0 bridgehead atoms. The fraction of sp³-hybridized carbons (Fsp3) is 0.0625. The van der Waals surface area contributed by atoms with E-state index in [0.717, 1.165) is 12.1 Å². The molecular weight excluding hydrogens is 376 g/mol. The number of rotatable bonds is 4. The molecule has 1 N–H and O–H groups in total. The monoisotopic (exact) mass is 387 g/mol. The molecular formula is C16H12Cl2FNO3S. The van der Waals surface area contributed by atoms with Gasteiger partial charge in [-0.05, 0) is 48.9 Å². The lowest BCUT2D eigenvalue weighted by molar-refractivity contribution is 0.0968. The summed E-state index contributed by atoms with van der Waals surface area (Å²) in [7, 11) is -4.12. The summed E-state index contributed by atoms with van der Waals surface area (Å²) in [6.07, 6.45) is 0. The molecule has 0 aromatic heterocycles. The average Bonchev–Trinajstić information content (AvgIpc) is 2.52. The van der Waals surface area contributed by atoms with E-state index in [1.165, 1.54) is 24.3 Å². The molecule has 24 heavy (non-hydrogen) atoms. The van der Waals surface area contributed by atoms with E-state index in [2.05, 4.69) is 5.32 Å². The smallest absolute Gasteiger partial charge is 0.256 e. The van der Waals surface area contributed by atoms with Crippen LogP contribution in [0.4, 0.5) is 4.39 Å². The first kappa shape index (κ1) is 18.4. The minimum atomic E-state index is -4.12. The molecule has 0 fully saturated rings. The number of carbonyl (C=O) groups excluding carboxylic acids is 1. The molecule has 0 saturated heterocycles. The van der Waals surface area contributed by atoms with Gasteiger partial charge in [0.05, 0.1) is 4.90 Å². The van der Waals surface area contributed by atoms with Crippen molar-refractivity contribution < 1.29 is 17.6 Å². The van der Waals surface area contributed by atoms with Gasteiger partial charge in [-0.2, -0.15) is 0 Å². The number of carbonyl (C=O) groups is 1. The molecule has 1 amide bonds. The molecule has 0 unspecified atom stereocenters. The lowest BCUT2D eigenvalue weighted by atomic mass is 10.2. The first-order valence-electron chi connectivity index (χ1n) is 6.66. The minimum absolute atomic E-state index is 0.0583. The van der Waals surface area contributed by atoms with Crippen LogP contribution in [-0.2, 0) is 9.84 Å². The van der Waals surface area contributed by atoms with Crippen molar-refractivity contribution in [3.8, 4) is 0 Å². The van der Waals surface area contributed by atoms with E-state index in [9.17, 15) is 17.6 Å². The number of aryl methyl sites for hydroxylation is 1. The molecule has 0 spiro atoms. The third-order valence-electron chi connectivity index (χ3n) is 3.07. The quantitative estimate of drug-likeness (QED) is 0.863. The lowest BCUT2D eigenvalue weighted by Gasteiger charge is -2.12. The zero-order valence-electron chi connectivity index (χ0n) is 12.4. The van der Waals surface area contributed by atoms with Crippen molar-refractivity contribution in [2.45, 2.75) is 11.8 Å². The fourth-order valence-corrected chi connectivity index (χ4v) is 3.86. The molecule has 126 valence electrons. The molecule has 2 aromatic rings. The first-order valence-corrected chi connectivity index (χ1v) is 8.89. The molecule has 0 aliphatic carbocycles.